The Bertz CT molecular complexity index is 1770. The first kappa shape index (κ1) is 26.0. The molecular weight excluding hydrogens is 520 g/mol. The highest BCUT2D eigenvalue weighted by atomic mass is 35.5. The van der Waals surface area contributed by atoms with E-state index in [-0.39, 0.29) is 24.6 Å². The minimum absolute atomic E-state index is 0.223. The van der Waals surface area contributed by atoms with Crippen molar-refractivity contribution >= 4 is 51.3 Å². The van der Waals surface area contributed by atoms with Crippen molar-refractivity contribution < 1.29 is 18.7 Å². The summed E-state index contributed by atoms with van der Waals surface area (Å²) in [6.07, 6.45) is 1.49. The van der Waals surface area contributed by atoms with Crippen LogP contribution in [0.5, 0.6) is 5.75 Å². The van der Waals surface area contributed by atoms with E-state index < -0.39 is 5.97 Å². The minimum Gasteiger partial charge on any atom is -0.481 e. The molecule has 10 heteroatoms. The SMILES string of the molecule is CCOC(=O)COc1cc(N(C)C)ccc1C=Nn1c(-c2cc3cc(Cl)ccc3o2)nc2ccccc2c1=O. The molecule has 0 atom stereocenters. The summed E-state index contributed by atoms with van der Waals surface area (Å²) in [4.78, 5) is 32.1. The molecule has 5 aromatic rings. The number of para-hydroxylation sites is 1. The Morgan fingerprint density at radius 2 is 1.95 bits per heavy atom. The van der Waals surface area contributed by atoms with E-state index in [4.69, 9.17) is 30.5 Å². The Morgan fingerprint density at radius 3 is 2.74 bits per heavy atom. The molecule has 5 rings (SSSR count). The van der Waals surface area contributed by atoms with E-state index in [0.29, 0.717) is 38.6 Å². The van der Waals surface area contributed by atoms with Crippen LogP contribution in [0.4, 0.5) is 5.69 Å². The molecule has 0 saturated carbocycles. The smallest absolute Gasteiger partial charge is 0.344 e. The Kier molecular flexibility index (Phi) is 7.33. The molecule has 0 amide bonds. The largest absolute Gasteiger partial charge is 0.481 e. The average molecular weight is 545 g/mol. The van der Waals surface area contributed by atoms with Crippen molar-refractivity contribution in [1.29, 1.82) is 0 Å². The molecule has 0 aliphatic heterocycles. The van der Waals surface area contributed by atoms with Crippen molar-refractivity contribution in [2.45, 2.75) is 6.92 Å². The van der Waals surface area contributed by atoms with Crippen LogP contribution in [-0.4, -0.2) is 49.2 Å². The lowest BCUT2D eigenvalue weighted by Crippen LogP contribution is -2.20. The van der Waals surface area contributed by atoms with Gasteiger partial charge >= 0.3 is 5.97 Å². The molecule has 0 fully saturated rings. The number of anilines is 1. The van der Waals surface area contributed by atoms with Gasteiger partial charge in [0.2, 0.25) is 5.82 Å². The molecule has 9 nitrogen and oxygen atoms in total. The van der Waals surface area contributed by atoms with Gasteiger partial charge in [0.25, 0.3) is 5.56 Å². The summed E-state index contributed by atoms with van der Waals surface area (Å²) in [5, 5.41) is 6.24. The molecule has 0 unspecified atom stereocenters. The van der Waals surface area contributed by atoms with Gasteiger partial charge in [0, 0.05) is 41.8 Å². The van der Waals surface area contributed by atoms with Gasteiger partial charge in [-0.15, -0.1) is 0 Å². The fourth-order valence-electron chi connectivity index (χ4n) is 4.01. The summed E-state index contributed by atoms with van der Waals surface area (Å²) in [6.45, 7) is 1.71. The Hall–Kier alpha value is -4.63. The lowest BCUT2D eigenvalue weighted by Gasteiger charge is -2.16. The molecule has 0 N–H and O–H groups in total. The van der Waals surface area contributed by atoms with Crippen molar-refractivity contribution in [3.63, 3.8) is 0 Å². The van der Waals surface area contributed by atoms with Crippen molar-refractivity contribution in [3.05, 3.63) is 87.7 Å². The molecule has 2 aromatic heterocycles. The Labute approximate surface area is 228 Å². The third-order valence-corrected chi connectivity index (χ3v) is 6.16. The fourth-order valence-corrected chi connectivity index (χ4v) is 4.19. The number of rotatable bonds is 8. The highest BCUT2D eigenvalue weighted by Gasteiger charge is 2.17. The third kappa shape index (κ3) is 5.49. The standard InChI is InChI=1S/C29H25ClN4O5/c1-4-37-27(35)17-38-25-15-21(33(2)3)11-9-18(25)16-31-34-28(32-23-8-6-5-7-22(23)29(34)36)26-14-19-13-20(30)10-12-24(19)39-26/h5-16H,4,17H2,1-3H3. The van der Waals surface area contributed by atoms with Crippen LogP contribution < -0.4 is 15.2 Å². The number of fused-ring (bicyclic) bond motifs is 2. The zero-order valence-electron chi connectivity index (χ0n) is 21.6. The molecule has 0 radical (unpaired) electrons. The van der Waals surface area contributed by atoms with Gasteiger partial charge in [-0.05, 0) is 55.5 Å². The van der Waals surface area contributed by atoms with E-state index in [1.165, 1.54) is 10.9 Å². The van der Waals surface area contributed by atoms with E-state index in [0.717, 1.165) is 11.1 Å². The predicted molar refractivity (Wildman–Crippen MR) is 152 cm³/mol. The van der Waals surface area contributed by atoms with E-state index in [9.17, 15) is 9.59 Å². The number of nitrogens with zero attached hydrogens (tertiary/aromatic N) is 4. The second-order valence-corrected chi connectivity index (χ2v) is 9.25. The molecule has 0 saturated heterocycles. The van der Waals surface area contributed by atoms with Gasteiger partial charge in [-0.1, -0.05) is 23.7 Å². The van der Waals surface area contributed by atoms with Gasteiger partial charge in [0.15, 0.2) is 12.4 Å². The first-order chi connectivity index (χ1) is 18.8. The van der Waals surface area contributed by atoms with Gasteiger partial charge in [-0.3, -0.25) is 4.79 Å². The first-order valence-corrected chi connectivity index (χ1v) is 12.6. The normalized spacial score (nSPS) is 11.4. The van der Waals surface area contributed by atoms with Crippen LogP contribution >= 0.6 is 11.6 Å². The minimum atomic E-state index is -0.488. The van der Waals surface area contributed by atoms with Gasteiger partial charge in [-0.2, -0.15) is 9.78 Å². The third-order valence-electron chi connectivity index (χ3n) is 5.93. The quantitative estimate of drug-likeness (QED) is 0.192. The van der Waals surface area contributed by atoms with E-state index >= 15 is 0 Å². The number of ether oxygens (including phenoxy) is 2. The topological polar surface area (TPSA) is 99.2 Å². The molecule has 3 aromatic carbocycles. The van der Waals surface area contributed by atoms with Crippen molar-refractivity contribution in [3.8, 4) is 17.3 Å². The number of esters is 1. The van der Waals surface area contributed by atoms with Crippen LogP contribution in [0.1, 0.15) is 12.5 Å². The molecular formula is C29H25ClN4O5. The fraction of sp³-hybridized carbons (Fsp3) is 0.172. The lowest BCUT2D eigenvalue weighted by atomic mass is 10.2. The number of hydrogen-bond donors (Lipinski definition) is 0. The van der Waals surface area contributed by atoms with Crippen LogP contribution in [-0.2, 0) is 9.53 Å². The maximum atomic E-state index is 13.6. The van der Waals surface area contributed by atoms with Crippen LogP contribution in [0.2, 0.25) is 5.02 Å². The maximum Gasteiger partial charge on any atom is 0.344 e. The van der Waals surface area contributed by atoms with Crippen LogP contribution in [0, 0.1) is 0 Å². The number of hydrogen-bond acceptors (Lipinski definition) is 8. The van der Waals surface area contributed by atoms with E-state index in [1.54, 1.807) is 61.5 Å². The summed E-state index contributed by atoms with van der Waals surface area (Å²) in [5.41, 5.74) is 2.14. The average Bonchev–Trinajstić information content (AvgIpc) is 3.34. The zero-order valence-corrected chi connectivity index (χ0v) is 22.3. The number of carbonyl (C=O) groups excluding carboxylic acids is 1. The zero-order chi connectivity index (χ0) is 27.5. The second kappa shape index (κ2) is 11.0. The summed E-state index contributed by atoms with van der Waals surface area (Å²) in [6, 6.07) is 19.5. The highest BCUT2D eigenvalue weighted by Crippen LogP contribution is 2.29. The summed E-state index contributed by atoms with van der Waals surface area (Å²) in [7, 11) is 3.79. The first-order valence-electron chi connectivity index (χ1n) is 12.2. The molecule has 198 valence electrons. The van der Waals surface area contributed by atoms with Gasteiger partial charge in [0.1, 0.15) is 11.3 Å². The number of furan rings is 1. The van der Waals surface area contributed by atoms with E-state index in [2.05, 4.69) is 5.10 Å². The van der Waals surface area contributed by atoms with Crippen LogP contribution in [0.3, 0.4) is 0 Å². The molecule has 0 aliphatic rings. The number of halogens is 1. The van der Waals surface area contributed by atoms with Crippen molar-refractivity contribution in [1.82, 2.24) is 9.66 Å². The molecule has 2 heterocycles. The van der Waals surface area contributed by atoms with Gasteiger partial charge < -0.3 is 18.8 Å². The lowest BCUT2D eigenvalue weighted by molar-refractivity contribution is -0.145. The van der Waals surface area contributed by atoms with Crippen LogP contribution in [0.15, 0.2) is 81.0 Å². The van der Waals surface area contributed by atoms with Crippen molar-refractivity contribution in [2.75, 3.05) is 32.2 Å². The Morgan fingerprint density at radius 1 is 1.13 bits per heavy atom. The monoisotopic (exact) mass is 544 g/mol. The van der Waals surface area contributed by atoms with Gasteiger partial charge in [0.05, 0.1) is 23.7 Å². The molecule has 0 aliphatic carbocycles. The van der Waals surface area contributed by atoms with Gasteiger partial charge in [-0.25, -0.2) is 9.78 Å². The number of aromatic nitrogens is 2. The molecule has 0 spiro atoms. The summed E-state index contributed by atoms with van der Waals surface area (Å²) >= 11 is 6.15. The van der Waals surface area contributed by atoms with E-state index in [1.807, 2.05) is 31.1 Å². The molecule has 0 bridgehead atoms. The summed E-state index contributed by atoms with van der Waals surface area (Å²) < 4.78 is 18.0. The van der Waals surface area contributed by atoms with Crippen molar-refractivity contribution in [2.24, 2.45) is 5.10 Å². The second-order valence-electron chi connectivity index (χ2n) is 8.82. The Balaban J connectivity index is 1.62. The summed E-state index contributed by atoms with van der Waals surface area (Å²) in [5.74, 6) is 0.493. The van der Waals surface area contributed by atoms with Crippen LogP contribution in [0.25, 0.3) is 33.5 Å². The number of benzene rings is 3. The maximum absolute atomic E-state index is 13.6. The molecule has 39 heavy (non-hydrogen) atoms. The number of carbonyl (C=O) groups is 1. The highest BCUT2D eigenvalue weighted by molar-refractivity contribution is 6.31. The predicted octanol–water partition coefficient (Wildman–Crippen LogP) is 5.35.